The van der Waals surface area contributed by atoms with Crippen molar-refractivity contribution in [1.29, 1.82) is 0 Å². The fourth-order valence-electron chi connectivity index (χ4n) is 2.74. The maximum Gasteiger partial charge on any atom is 0.0557 e. The fourth-order valence-corrected chi connectivity index (χ4v) is 3.47. The first kappa shape index (κ1) is 12.6. The minimum atomic E-state index is -0.0140. The lowest BCUT2D eigenvalue weighted by molar-refractivity contribution is 0.0515. The molecule has 1 saturated heterocycles. The average Bonchev–Trinajstić information content (AvgIpc) is 2.92. The third-order valence-corrected chi connectivity index (χ3v) is 4.92. The van der Waals surface area contributed by atoms with Crippen LogP contribution < -0.4 is 0 Å². The van der Waals surface area contributed by atoms with Crippen LogP contribution in [0.1, 0.15) is 24.1 Å². The molecule has 0 aromatic carbocycles. The van der Waals surface area contributed by atoms with Gasteiger partial charge in [0.1, 0.15) is 0 Å². The van der Waals surface area contributed by atoms with Crippen LogP contribution in [0.15, 0.2) is 17.5 Å². The van der Waals surface area contributed by atoms with E-state index in [0.29, 0.717) is 0 Å². The summed E-state index contributed by atoms with van der Waals surface area (Å²) >= 11 is 1.83. The van der Waals surface area contributed by atoms with Gasteiger partial charge in [0, 0.05) is 36.0 Å². The van der Waals surface area contributed by atoms with Gasteiger partial charge in [-0.25, -0.2) is 0 Å². The summed E-state index contributed by atoms with van der Waals surface area (Å²) in [4.78, 5) is 3.98. The minimum Gasteiger partial charge on any atom is -0.396 e. The Morgan fingerprint density at radius 2 is 2.39 bits per heavy atom. The zero-order valence-corrected chi connectivity index (χ0v) is 11.5. The van der Waals surface area contributed by atoms with Gasteiger partial charge in [-0.2, -0.15) is 0 Å². The Kier molecular flexibility index (Phi) is 3.71. The summed E-state index contributed by atoms with van der Waals surface area (Å²) in [5.74, 6) is 0. The average molecular weight is 267 g/mol. The van der Waals surface area contributed by atoms with Gasteiger partial charge < -0.3 is 9.84 Å². The second-order valence-corrected chi connectivity index (χ2v) is 6.71. The molecule has 1 N–H and O–H groups in total. The number of nitrogens with zero attached hydrogens (tertiary/aromatic N) is 1. The van der Waals surface area contributed by atoms with E-state index in [0.717, 1.165) is 38.8 Å². The van der Waals surface area contributed by atoms with Gasteiger partial charge in [-0.05, 0) is 30.7 Å². The van der Waals surface area contributed by atoms with Crippen LogP contribution in [0.5, 0.6) is 0 Å². The molecule has 1 atom stereocenters. The summed E-state index contributed by atoms with van der Waals surface area (Å²) in [6.45, 7) is 3.78. The second-order valence-electron chi connectivity index (χ2n) is 5.68. The molecule has 2 aliphatic rings. The maximum atomic E-state index is 9.69. The number of aliphatic hydroxyl groups excluding tert-OH is 1. The third kappa shape index (κ3) is 2.77. The molecular formula is C14H21NO2S. The lowest BCUT2D eigenvalue weighted by Crippen LogP contribution is -2.41. The molecule has 1 unspecified atom stereocenters. The normalized spacial score (nSPS) is 28.1. The standard InChI is InChI=1S/C14H21NO2S/c16-10-14(5-6-17-11-14)9-15(12-3-4-12)8-13-2-1-7-18-13/h1-2,7,12,16H,3-6,8-11H2. The summed E-state index contributed by atoms with van der Waals surface area (Å²) in [5.41, 5.74) is -0.0140. The Labute approximate surface area is 112 Å². The van der Waals surface area contributed by atoms with Crippen molar-refractivity contribution in [3.05, 3.63) is 22.4 Å². The van der Waals surface area contributed by atoms with Gasteiger partial charge in [0.15, 0.2) is 0 Å². The summed E-state index contributed by atoms with van der Waals surface area (Å²) in [6.07, 6.45) is 3.62. The highest BCUT2D eigenvalue weighted by Crippen LogP contribution is 2.35. The van der Waals surface area contributed by atoms with Gasteiger partial charge >= 0.3 is 0 Å². The number of thiophene rings is 1. The van der Waals surface area contributed by atoms with Crippen molar-refractivity contribution in [3.63, 3.8) is 0 Å². The van der Waals surface area contributed by atoms with Gasteiger partial charge in [-0.15, -0.1) is 11.3 Å². The first-order valence-corrected chi connectivity index (χ1v) is 7.64. The zero-order valence-electron chi connectivity index (χ0n) is 10.7. The summed E-state index contributed by atoms with van der Waals surface area (Å²) in [6, 6.07) is 5.05. The molecule has 4 heteroatoms. The zero-order chi connectivity index (χ0) is 12.4. The third-order valence-electron chi connectivity index (χ3n) is 4.06. The summed E-state index contributed by atoms with van der Waals surface area (Å²) in [5, 5.41) is 11.8. The summed E-state index contributed by atoms with van der Waals surface area (Å²) in [7, 11) is 0. The van der Waals surface area contributed by atoms with E-state index in [-0.39, 0.29) is 12.0 Å². The number of ether oxygens (including phenoxy) is 1. The molecule has 1 aliphatic heterocycles. The molecule has 0 bridgehead atoms. The van der Waals surface area contributed by atoms with Crippen molar-refractivity contribution in [2.75, 3.05) is 26.4 Å². The van der Waals surface area contributed by atoms with Crippen LogP contribution >= 0.6 is 11.3 Å². The van der Waals surface area contributed by atoms with Crippen LogP contribution in [0, 0.1) is 5.41 Å². The molecule has 1 aromatic heterocycles. The van der Waals surface area contributed by atoms with E-state index in [1.165, 1.54) is 17.7 Å². The van der Waals surface area contributed by atoms with E-state index in [9.17, 15) is 5.11 Å². The van der Waals surface area contributed by atoms with E-state index in [1.54, 1.807) is 0 Å². The van der Waals surface area contributed by atoms with Crippen molar-refractivity contribution < 1.29 is 9.84 Å². The van der Waals surface area contributed by atoms with E-state index in [4.69, 9.17) is 4.74 Å². The molecule has 0 radical (unpaired) electrons. The van der Waals surface area contributed by atoms with E-state index >= 15 is 0 Å². The predicted molar refractivity (Wildman–Crippen MR) is 72.7 cm³/mol. The Morgan fingerprint density at radius 3 is 2.94 bits per heavy atom. The van der Waals surface area contributed by atoms with E-state index in [1.807, 2.05) is 11.3 Å². The monoisotopic (exact) mass is 267 g/mol. The molecule has 0 amide bonds. The highest BCUT2D eigenvalue weighted by atomic mass is 32.1. The van der Waals surface area contributed by atoms with Crippen LogP contribution in [0.25, 0.3) is 0 Å². The Hall–Kier alpha value is -0.420. The van der Waals surface area contributed by atoms with Crippen LogP contribution in [-0.2, 0) is 11.3 Å². The molecule has 1 aromatic rings. The molecule has 18 heavy (non-hydrogen) atoms. The first-order chi connectivity index (χ1) is 8.81. The fraction of sp³-hybridized carbons (Fsp3) is 0.714. The molecule has 0 spiro atoms. The SMILES string of the molecule is OCC1(CN(Cc2cccs2)C2CC2)CCOC1. The van der Waals surface area contributed by atoms with Gasteiger partial charge in [0.05, 0.1) is 13.2 Å². The smallest absolute Gasteiger partial charge is 0.0557 e. The molecule has 2 heterocycles. The second kappa shape index (κ2) is 5.29. The maximum absolute atomic E-state index is 9.69. The van der Waals surface area contributed by atoms with Crippen molar-refractivity contribution in [2.45, 2.75) is 31.8 Å². The van der Waals surface area contributed by atoms with Crippen molar-refractivity contribution in [1.82, 2.24) is 4.90 Å². The van der Waals surface area contributed by atoms with Crippen LogP contribution in [0.3, 0.4) is 0 Å². The van der Waals surface area contributed by atoms with Gasteiger partial charge in [-0.3, -0.25) is 4.90 Å². The quantitative estimate of drug-likeness (QED) is 0.857. The highest BCUT2D eigenvalue weighted by molar-refractivity contribution is 7.09. The lowest BCUT2D eigenvalue weighted by atomic mass is 9.87. The van der Waals surface area contributed by atoms with Crippen LogP contribution in [0.2, 0.25) is 0 Å². The molecular weight excluding hydrogens is 246 g/mol. The van der Waals surface area contributed by atoms with Crippen molar-refractivity contribution >= 4 is 11.3 Å². The molecule has 2 fully saturated rings. The van der Waals surface area contributed by atoms with E-state index in [2.05, 4.69) is 22.4 Å². The Balaban J connectivity index is 1.66. The van der Waals surface area contributed by atoms with Crippen LogP contribution in [0.4, 0.5) is 0 Å². The lowest BCUT2D eigenvalue weighted by Gasteiger charge is -2.32. The number of hydrogen-bond donors (Lipinski definition) is 1. The predicted octanol–water partition coefficient (Wildman–Crippen LogP) is 2.11. The molecule has 3 nitrogen and oxygen atoms in total. The summed E-state index contributed by atoms with van der Waals surface area (Å²) < 4.78 is 5.50. The molecule has 100 valence electrons. The minimum absolute atomic E-state index is 0.0140. The van der Waals surface area contributed by atoms with Gasteiger partial charge in [0.25, 0.3) is 0 Å². The largest absolute Gasteiger partial charge is 0.396 e. The van der Waals surface area contributed by atoms with Crippen molar-refractivity contribution in [3.8, 4) is 0 Å². The van der Waals surface area contributed by atoms with Crippen LogP contribution in [-0.4, -0.2) is 42.4 Å². The van der Waals surface area contributed by atoms with Gasteiger partial charge in [-0.1, -0.05) is 6.07 Å². The first-order valence-electron chi connectivity index (χ1n) is 6.76. The van der Waals surface area contributed by atoms with E-state index < -0.39 is 0 Å². The topological polar surface area (TPSA) is 32.7 Å². The molecule has 3 rings (SSSR count). The Bertz CT molecular complexity index is 369. The number of rotatable bonds is 6. The molecule has 1 saturated carbocycles. The van der Waals surface area contributed by atoms with Gasteiger partial charge in [0.2, 0.25) is 0 Å². The highest BCUT2D eigenvalue weighted by Gasteiger charge is 2.40. The van der Waals surface area contributed by atoms with Crippen molar-refractivity contribution in [2.24, 2.45) is 5.41 Å². The Morgan fingerprint density at radius 1 is 1.50 bits per heavy atom. The number of hydrogen-bond acceptors (Lipinski definition) is 4. The number of aliphatic hydroxyl groups is 1. The molecule has 1 aliphatic carbocycles.